The van der Waals surface area contributed by atoms with Crippen molar-refractivity contribution in [3.63, 3.8) is 0 Å². The SMILES string of the molecule is Cc1ccc(S(=O)(=O)Nc2ncc(C(=O)NCCC(C)C)nc2OCc2cccnc2)cc1. The number of pyridine rings is 1. The minimum atomic E-state index is -3.94. The molecule has 0 aliphatic rings. The third-order valence-electron chi connectivity index (χ3n) is 4.64. The van der Waals surface area contributed by atoms with Crippen LogP contribution in [0.2, 0.25) is 0 Å². The van der Waals surface area contributed by atoms with Crippen molar-refractivity contribution in [3.8, 4) is 5.88 Å². The second-order valence-electron chi connectivity index (χ2n) is 7.92. The van der Waals surface area contributed by atoms with Crippen molar-refractivity contribution in [2.75, 3.05) is 11.3 Å². The fourth-order valence-electron chi connectivity index (χ4n) is 2.76. The third-order valence-corrected chi connectivity index (χ3v) is 6.00. The lowest BCUT2D eigenvalue weighted by molar-refractivity contribution is 0.0945. The summed E-state index contributed by atoms with van der Waals surface area (Å²) in [7, 11) is -3.94. The first-order valence-corrected chi connectivity index (χ1v) is 12.0. The topological polar surface area (TPSA) is 123 Å². The van der Waals surface area contributed by atoms with Gasteiger partial charge in [-0.15, -0.1) is 0 Å². The van der Waals surface area contributed by atoms with Gasteiger partial charge in [-0.25, -0.2) is 18.4 Å². The van der Waals surface area contributed by atoms with Gasteiger partial charge < -0.3 is 10.1 Å². The number of amides is 1. The number of aryl methyl sites for hydroxylation is 1. The lowest BCUT2D eigenvalue weighted by atomic mass is 10.1. The van der Waals surface area contributed by atoms with Crippen LogP contribution in [0.25, 0.3) is 0 Å². The van der Waals surface area contributed by atoms with Crippen LogP contribution in [0.4, 0.5) is 5.82 Å². The maximum absolute atomic E-state index is 12.8. The molecular formula is C23H27N5O4S. The van der Waals surface area contributed by atoms with Gasteiger partial charge in [-0.2, -0.15) is 0 Å². The number of rotatable bonds is 10. The first-order chi connectivity index (χ1) is 15.7. The molecule has 0 saturated carbocycles. The first kappa shape index (κ1) is 24.1. The molecule has 0 fully saturated rings. The summed E-state index contributed by atoms with van der Waals surface area (Å²) in [6, 6.07) is 9.95. The van der Waals surface area contributed by atoms with E-state index in [9.17, 15) is 13.2 Å². The van der Waals surface area contributed by atoms with Gasteiger partial charge in [-0.05, 0) is 37.5 Å². The number of sulfonamides is 1. The largest absolute Gasteiger partial charge is 0.470 e. The number of hydrogen-bond acceptors (Lipinski definition) is 7. The maximum atomic E-state index is 12.8. The van der Waals surface area contributed by atoms with Gasteiger partial charge in [0.15, 0.2) is 5.69 Å². The summed E-state index contributed by atoms with van der Waals surface area (Å²) in [6.07, 6.45) is 5.28. The van der Waals surface area contributed by atoms with E-state index < -0.39 is 15.9 Å². The van der Waals surface area contributed by atoms with E-state index in [1.165, 1.54) is 18.3 Å². The molecule has 2 heterocycles. The Morgan fingerprint density at radius 1 is 1.12 bits per heavy atom. The zero-order chi connectivity index (χ0) is 23.8. The van der Waals surface area contributed by atoms with Crippen molar-refractivity contribution in [3.05, 3.63) is 71.8 Å². The highest BCUT2D eigenvalue weighted by Crippen LogP contribution is 2.24. The van der Waals surface area contributed by atoms with Crippen LogP contribution in [0, 0.1) is 12.8 Å². The van der Waals surface area contributed by atoms with E-state index in [-0.39, 0.29) is 28.9 Å². The lowest BCUT2D eigenvalue weighted by Crippen LogP contribution is -2.27. The zero-order valence-corrected chi connectivity index (χ0v) is 19.6. The molecule has 33 heavy (non-hydrogen) atoms. The summed E-state index contributed by atoms with van der Waals surface area (Å²) in [4.78, 5) is 24.9. The van der Waals surface area contributed by atoms with Crippen LogP contribution in [0.1, 0.15) is 41.9 Å². The number of carbonyl (C=O) groups is 1. The molecule has 0 radical (unpaired) electrons. The lowest BCUT2D eigenvalue weighted by Gasteiger charge is -2.13. The molecule has 1 aromatic carbocycles. The second kappa shape index (κ2) is 10.9. The Balaban J connectivity index is 1.85. The van der Waals surface area contributed by atoms with Gasteiger partial charge >= 0.3 is 0 Å². The molecule has 2 aromatic heterocycles. The quantitative estimate of drug-likeness (QED) is 0.467. The Morgan fingerprint density at radius 3 is 2.55 bits per heavy atom. The van der Waals surface area contributed by atoms with Crippen molar-refractivity contribution >= 4 is 21.7 Å². The standard InChI is InChI=1S/C23H27N5O4S/c1-16(2)10-12-25-22(29)20-14-26-21(23(27-20)32-15-18-5-4-11-24-13-18)28-33(30,31)19-8-6-17(3)7-9-19/h4-9,11,13-14,16H,10,12,15H2,1-3H3,(H,25,29)(H,26,28). The van der Waals surface area contributed by atoms with Gasteiger partial charge in [0.25, 0.3) is 21.8 Å². The van der Waals surface area contributed by atoms with Gasteiger partial charge in [-0.3, -0.25) is 14.5 Å². The molecule has 3 aromatic rings. The minimum absolute atomic E-state index is 0.0261. The average Bonchev–Trinajstić information content (AvgIpc) is 2.79. The molecule has 1 amide bonds. The van der Waals surface area contributed by atoms with Crippen LogP contribution in [-0.4, -0.2) is 35.8 Å². The van der Waals surface area contributed by atoms with E-state index in [1.54, 1.807) is 36.7 Å². The molecule has 0 spiro atoms. The Labute approximate surface area is 193 Å². The number of aromatic nitrogens is 3. The van der Waals surface area contributed by atoms with E-state index in [0.29, 0.717) is 12.5 Å². The van der Waals surface area contributed by atoms with Crippen molar-refractivity contribution in [2.24, 2.45) is 5.92 Å². The highest BCUT2D eigenvalue weighted by Gasteiger charge is 2.21. The first-order valence-electron chi connectivity index (χ1n) is 10.5. The summed E-state index contributed by atoms with van der Waals surface area (Å²) in [6.45, 7) is 6.55. The number of ether oxygens (including phenoxy) is 1. The smallest absolute Gasteiger partial charge is 0.271 e. The van der Waals surface area contributed by atoms with Crippen molar-refractivity contribution < 1.29 is 17.9 Å². The molecular weight excluding hydrogens is 442 g/mol. The minimum Gasteiger partial charge on any atom is -0.470 e. The van der Waals surface area contributed by atoms with E-state index in [2.05, 4.69) is 38.8 Å². The Hall–Kier alpha value is -3.53. The molecule has 9 nitrogen and oxygen atoms in total. The van der Waals surface area contributed by atoms with Crippen LogP contribution in [0.5, 0.6) is 5.88 Å². The van der Waals surface area contributed by atoms with Crippen LogP contribution in [0.15, 0.2) is 59.9 Å². The van der Waals surface area contributed by atoms with Crippen molar-refractivity contribution in [1.82, 2.24) is 20.3 Å². The van der Waals surface area contributed by atoms with Gasteiger partial charge in [0, 0.05) is 24.5 Å². The summed E-state index contributed by atoms with van der Waals surface area (Å²) in [5.74, 6) is -0.195. The number of nitrogens with one attached hydrogen (secondary N) is 2. The number of anilines is 1. The Bertz CT molecular complexity index is 1180. The number of carbonyl (C=O) groups excluding carboxylic acids is 1. The molecule has 0 unspecified atom stereocenters. The zero-order valence-electron chi connectivity index (χ0n) is 18.8. The van der Waals surface area contributed by atoms with Crippen LogP contribution in [-0.2, 0) is 16.6 Å². The van der Waals surface area contributed by atoms with Gasteiger partial charge in [0.05, 0.1) is 11.1 Å². The maximum Gasteiger partial charge on any atom is 0.271 e. The van der Waals surface area contributed by atoms with Gasteiger partial charge in [0.1, 0.15) is 6.61 Å². The van der Waals surface area contributed by atoms with Crippen LogP contribution >= 0.6 is 0 Å². The van der Waals surface area contributed by atoms with E-state index in [0.717, 1.165) is 17.5 Å². The summed E-state index contributed by atoms with van der Waals surface area (Å²) in [5, 5.41) is 2.78. The fourth-order valence-corrected chi connectivity index (χ4v) is 3.76. The van der Waals surface area contributed by atoms with Crippen molar-refractivity contribution in [1.29, 1.82) is 0 Å². The van der Waals surface area contributed by atoms with Gasteiger partial charge in [-0.1, -0.05) is 37.6 Å². The predicted molar refractivity (Wildman–Crippen MR) is 124 cm³/mol. The summed E-state index contributed by atoms with van der Waals surface area (Å²) < 4.78 is 33.8. The van der Waals surface area contributed by atoms with E-state index >= 15 is 0 Å². The summed E-state index contributed by atoms with van der Waals surface area (Å²) >= 11 is 0. The van der Waals surface area contributed by atoms with E-state index in [1.807, 2.05) is 6.92 Å². The number of nitrogens with zero attached hydrogens (tertiary/aromatic N) is 3. The Morgan fingerprint density at radius 2 is 1.88 bits per heavy atom. The molecule has 3 rings (SSSR count). The second-order valence-corrected chi connectivity index (χ2v) is 9.60. The highest BCUT2D eigenvalue weighted by atomic mass is 32.2. The molecule has 10 heteroatoms. The van der Waals surface area contributed by atoms with Gasteiger partial charge in [0.2, 0.25) is 5.82 Å². The third kappa shape index (κ3) is 6.98. The predicted octanol–water partition coefficient (Wildman–Crippen LogP) is 3.34. The molecule has 2 N–H and O–H groups in total. The molecule has 174 valence electrons. The molecule has 0 atom stereocenters. The van der Waals surface area contributed by atoms with Crippen molar-refractivity contribution in [2.45, 2.75) is 38.7 Å². The molecule has 0 saturated heterocycles. The number of benzene rings is 1. The van der Waals surface area contributed by atoms with Crippen LogP contribution < -0.4 is 14.8 Å². The monoisotopic (exact) mass is 469 g/mol. The fraction of sp³-hybridized carbons (Fsp3) is 0.304. The van der Waals surface area contributed by atoms with Crippen LogP contribution in [0.3, 0.4) is 0 Å². The molecule has 0 aliphatic heterocycles. The highest BCUT2D eigenvalue weighted by molar-refractivity contribution is 7.92. The Kier molecular flexibility index (Phi) is 7.94. The molecule has 0 aliphatic carbocycles. The number of hydrogen-bond donors (Lipinski definition) is 2. The normalized spacial score (nSPS) is 11.3. The average molecular weight is 470 g/mol. The summed E-state index contributed by atoms with van der Waals surface area (Å²) in [5.41, 5.74) is 1.71. The molecule has 0 bridgehead atoms. The van der Waals surface area contributed by atoms with E-state index in [4.69, 9.17) is 4.74 Å².